The van der Waals surface area contributed by atoms with Crippen molar-refractivity contribution in [3.8, 4) is 0 Å². The summed E-state index contributed by atoms with van der Waals surface area (Å²) in [4.78, 5) is 12.2. The molecule has 1 heterocycles. The first-order valence-corrected chi connectivity index (χ1v) is 7.97. The molecule has 0 spiro atoms. The fraction of sp³-hybridized carbons (Fsp3) is 0.462. The Bertz CT molecular complexity index is 616. The minimum Gasteiger partial charge on any atom is -0.481 e. The van der Waals surface area contributed by atoms with Crippen LogP contribution in [-0.4, -0.2) is 37.8 Å². The molecule has 0 aromatic heterocycles. The van der Waals surface area contributed by atoms with Crippen molar-refractivity contribution >= 4 is 21.5 Å². The van der Waals surface area contributed by atoms with Crippen LogP contribution in [0.4, 0.5) is 14.5 Å². The third-order valence-corrected chi connectivity index (χ3v) is 4.92. The number of carbonyl (C=O) groups is 1. The van der Waals surface area contributed by atoms with Gasteiger partial charge < -0.3 is 10.0 Å². The van der Waals surface area contributed by atoms with Gasteiger partial charge in [-0.25, -0.2) is 8.42 Å². The predicted molar refractivity (Wildman–Crippen MR) is 72.3 cm³/mol. The van der Waals surface area contributed by atoms with Crippen molar-refractivity contribution in [3.05, 3.63) is 24.3 Å². The van der Waals surface area contributed by atoms with E-state index < -0.39 is 26.5 Å². The van der Waals surface area contributed by atoms with Gasteiger partial charge in [-0.05, 0) is 37.1 Å². The van der Waals surface area contributed by atoms with Crippen molar-refractivity contribution in [2.75, 3.05) is 11.4 Å². The van der Waals surface area contributed by atoms with Gasteiger partial charge >= 0.3 is 11.7 Å². The predicted octanol–water partition coefficient (Wildman–Crippen LogP) is 2.13. The molecule has 0 amide bonds. The Balaban J connectivity index is 2.21. The molecule has 1 fully saturated rings. The lowest BCUT2D eigenvalue weighted by Crippen LogP contribution is -2.31. The number of carboxylic acids is 1. The van der Waals surface area contributed by atoms with E-state index in [0.29, 0.717) is 12.2 Å². The normalized spacial score (nSPS) is 19.2. The number of halogens is 2. The molecule has 1 aromatic rings. The quantitative estimate of drug-likeness (QED) is 0.900. The molecule has 0 saturated carbocycles. The van der Waals surface area contributed by atoms with E-state index in [2.05, 4.69) is 0 Å². The summed E-state index contributed by atoms with van der Waals surface area (Å²) < 4.78 is 47.5. The van der Waals surface area contributed by atoms with Gasteiger partial charge in [0.05, 0.1) is 11.3 Å². The van der Waals surface area contributed by atoms with E-state index in [1.807, 2.05) is 4.90 Å². The van der Waals surface area contributed by atoms with Crippen LogP contribution in [0.2, 0.25) is 0 Å². The summed E-state index contributed by atoms with van der Waals surface area (Å²) in [6.07, 6.45) is 1.58. The van der Waals surface area contributed by atoms with Gasteiger partial charge in [0.2, 0.25) is 9.84 Å². The molecular weight excluding hydrogens is 304 g/mol. The lowest BCUT2D eigenvalue weighted by atomic mass is 10.1. The topological polar surface area (TPSA) is 74.7 Å². The molecule has 0 bridgehead atoms. The molecule has 1 atom stereocenters. The van der Waals surface area contributed by atoms with Gasteiger partial charge in [-0.15, -0.1) is 0 Å². The Labute approximate surface area is 121 Å². The van der Waals surface area contributed by atoms with E-state index in [4.69, 9.17) is 5.11 Å². The Hall–Kier alpha value is -1.70. The van der Waals surface area contributed by atoms with E-state index in [1.54, 1.807) is 0 Å². The van der Waals surface area contributed by atoms with Crippen LogP contribution in [0.1, 0.15) is 19.3 Å². The smallest absolute Gasteiger partial charge is 0.341 e. The first-order valence-electron chi connectivity index (χ1n) is 6.43. The molecule has 21 heavy (non-hydrogen) atoms. The highest BCUT2D eigenvalue weighted by molar-refractivity contribution is 7.91. The fourth-order valence-corrected chi connectivity index (χ4v) is 3.24. The van der Waals surface area contributed by atoms with Crippen LogP contribution >= 0.6 is 0 Å². The average Bonchev–Trinajstić information content (AvgIpc) is 2.86. The standard InChI is InChI=1S/C13H15F2NO4S/c14-13(15)21(19,20)11-5-3-9(4-6-11)16-7-1-2-10(16)8-12(17)18/h3-6,10,13H,1-2,7-8H2,(H,17,18). The van der Waals surface area contributed by atoms with E-state index in [0.717, 1.165) is 25.0 Å². The van der Waals surface area contributed by atoms with Crippen molar-refractivity contribution in [1.29, 1.82) is 0 Å². The SMILES string of the molecule is O=C(O)CC1CCCN1c1ccc(S(=O)(=O)C(F)F)cc1. The summed E-state index contributed by atoms with van der Waals surface area (Å²) in [5.74, 6) is -4.35. The van der Waals surface area contributed by atoms with Crippen molar-refractivity contribution < 1.29 is 27.1 Å². The largest absolute Gasteiger partial charge is 0.481 e. The monoisotopic (exact) mass is 319 g/mol. The Kier molecular flexibility index (Phi) is 4.46. The summed E-state index contributed by atoms with van der Waals surface area (Å²) in [6.45, 7) is 0.666. The number of aliphatic carboxylic acids is 1. The molecule has 1 aromatic carbocycles. The molecule has 1 aliphatic heterocycles. The maximum Gasteiger partial charge on any atom is 0.341 e. The molecule has 116 valence electrons. The van der Waals surface area contributed by atoms with Gasteiger partial charge in [0.1, 0.15) is 0 Å². The van der Waals surface area contributed by atoms with E-state index in [1.165, 1.54) is 12.1 Å². The summed E-state index contributed by atoms with van der Waals surface area (Å²) in [5, 5.41) is 8.86. The minimum atomic E-state index is -4.60. The average molecular weight is 319 g/mol. The van der Waals surface area contributed by atoms with Crippen molar-refractivity contribution in [2.24, 2.45) is 0 Å². The van der Waals surface area contributed by atoms with Gasteiger partial charge in [-0.2, -0.15) is 8.78 Å². The molecule has 0 aliphatic carbocycles. The molecule has 1 saturated heterocycles. The van der Waals surface area contributed by atoms with Gasteiger partial charge in [0, 0.05) is 18.3 Å². The van der Waals surface area contributed by atoms with E-state index >= 15 is 0 Å². The molecule has 2 rings (SSSR count). The highest BCUT2D eigenvalue weighted by atomic mass is 32.2. The molecule has 5 nitrogen and oxygen atoms in total. The third kappa shape index (κ3) is 3.31. The first kappa shape index (κ1) is 15.7. The van der Waals surface area contributed by atoms with Crippen LogP contribution in [0.5, 0.6) is 0 Å². The lowest BCUT2D eigenvalue weighted by molar-refractivity contribution is -0.137. The van der Waals surface area contributed by atoms with Gasteiger partial charge in [-0.3, -0.25) is 4.79 Å². The van der Waals surface area contributed by atoms with Crippen LogP contribution < -0.4 is 4.90 Å². The second-order valence-electron chi connectivity index (χ2n) is 4.89. The first-order chi connectivity index (χ1) is 9.82. The van der Waals surface area contributed by atoms with Crippen molar-refractivity contribution in [3.63, 3.8) is 0 Å². The number of nitrogens with zero attached hydrogens (tertiary/aromatic N) is 1. The van der Waals surface area contributed by atoms with Crippen LogP contribution in [0.25, 0.3) is 0 Å². The number of carboxylic acid groups (broad SMARTS) is 1. The fourth-order valence-electron chi connectivity index (χ4n) is 2.52. The second-order valence-corrected chi connectivity index (χ2v) is 6.80. The van der Waals surface area contributed by atoms with E-state index in [-0.39, 0.29) is 12.5 Å². The third-order valence-electron chi connectivity index (χ3n) is 3.52. The molecule has 1 N–H and O–H groups in total. The summed E-state index contributed by atoms with van der Waals surface area (Å²) in [7, 11) is -4.60. The lowest BCUT2D eigenvalue weighted by Gasteiger charge is -2.25. The zero-order chi connectivity index (χ0) is 15.6. The van der Waals surface area contributed by atoms with Gasteiger partial charge in [0.15, 0.2) is 0 Å². The Morgan fingerprint density at radius 1 is 1.33 bits per heavy atom. The number of anilines is 1. The highest BCUT2D eigenvalue weighted by Crippen LogP contribution is 2.29. The number of hydrogen-bond acceptors (Lipinski definition) is 4. The number of hydrogen-bond donors (Lipinski definition) is 1. The van der Waals surface area contributed by atoms with Crippen LogP contribution in [0, 0.1) is 0 Å². The zero-order valence-corrected chi connectivity index (χ0v) is 11.9. The van der Waals surface area contributed by atoms with Crippen LogP contribution in [0.15, 0.2) is 29.2 Å². The second kappa shape index (κ2) is 5.97. The van der Waals surface area contributed by atoms with Crippen LogP contribution in [-0.2, 0) is 14.6 Å². The number of benzene rings is 1. The van der Waals surface area contributed by atoms with Crippen molar-refractivity contribution in [1.82, 2.24) is 0 Å². The van der Waals surface area contributed by atoms with Crippen LogP contribution in [0.3, 0.4) is 0 Å². The zero-order valence-electron chi connectivity index (χ0n) is 11.1. The summed E-state index contributed by atoms with van der Waals surface area (Å²) in [6, 6.07) is 4.99. The van der Waals surface area contributed by atoms with E-state index in [9.17, 15) is 22.0 Å². The molecule has 1 unspecified atom stereocenters. The number of alkyl halides is 2. The maximum atomic E-state index is 12.4. The minimum absolute atomic E-state index is 0.00289. The Morgan fingerprint density at radius 3 is 2.48 bits per heavy atom. The number of rotatable bonds is 5. The summed E-state index contributed by atoms with van der Waals surface area (Å²) >= 11 is 0. The molecular formula is C13H15F2NO4S. The van der Waals surface area contributed by atoms with Gasteiger partial charge in [-0.1, -0.05) is 0 Å². The Morgan fingerprint density at radius 2 is 1.95 bits per heavy atom. The maximum absolute atomic E-state index is 12.4. The van der Waals surface area contributed by atoms with Gasteiger partial charge in [0.25, 0.3) is 0 Å². The van der Waals surface area contributed by atoms with Crippen molar-refractivity contribution in [2.45, 2.75) is 36.0 Å². The molecule has 8 heteroatoms. The molecule has 1 aliphatic rings. The number of sulfone groups is 1. The highest BCUT2D eigenvalue weighted by Gasteiger charge is 2.29. The molecule has 0 radical (unpaired) electrons. The summed E-state index contributed by atoms with van der Waals surface area (Å²) in [5.41, 5.74) is 0.645.